The quantitative estimate of drug-likeness (QED) is 0.393. The van der Waals surface area contributed by atoms with Crippen molar-refractivity contribution >= 4 is 11.8 Å². The van der Waals surface area contributed by atoms with Gasteiger partial charge in [-0.15, -0.1) is 0 Å². The molecule has 0 spiro atoms. The van der Waals surface area contributed by atoms with Gasteiger partial charge in [0.05, 0.1) is 30.8 Å². The predicted molar refractivity (Wildman–Crippen MR) is 139 cm³/mol. The highest BCUT2D eigenvalue weighted by atomic mass is 19.1. The fourth-order valence-electron chi connectivity index (χ4n) is 5.24. The number of carbonyl (C=O) groups is 2. The topological polar surface area (TPSA) is 90.9 Å². The third-order valence-corrected chi connectivity index (χ3v) is 7.35. The molecule has 2 fully saturated rings. The number of benzene rings is 2. The summed E-state index contributed by atoms with van der Waals surface area (Å²) in [6.45, 7) is 3.97. The van der Waals surface area contributed by atoms with Crippen LogP contribution >= 0.6 is 0 Å². The van der Waals surface area contributed by atoms with Crippen molar-refractivity contribution in [1.82, 2.24) is 15.5 Å². The van der Waals surface area contributed by atoms with Crippen LogP contribution in [0.3, 0.4) is 0 Å². The second-order valence-corrected chi connectivity index (χ2v) is 10.4. The molecule has 0 saturated carbocycles. The Kier molecular flexibility index (Phi) is 9.82. The van der Waals surface area contributed by atoms with Gasteiger partial charge >= 0.3 is 0 Å². The number of rotatable bonds is 12. The zero-order valence-electron chi connectivity index (χ0n) is 21.7. The average Bonchev–Trinajstić information content (AvgIpc) is 3.52. The van der Waals surface area contributed by atoms with Crippen LogP contribution in [0.2, 0.25) is 0 Å². The molecule has 2 aromatic rings. The third-order valence-electron chi connectivity index (χ3n) is 7.35. The molecule has 9 heteroatoms. The van der Waals surface area contributed by atoms with Crippen LogP contribution in [0.15, 0.2) is 48.5 Å². The Morgan fingerprint density at radius 3 is 2.63 bits per heavy atom. The Labute approximate surface area is 222 Å². The maximum absolute atomic E-state index is 13.9. The zero-order chi connectivity index (χ0) is 27.1. The van der Waals surface area contributed by atoms with E-state index in [1.54, 1.807) is 4.90 Å². The lowest BCUT2D eigenvalue weighted by Gasteiger charge is -2.29. The maximum atomic E-state index is 13.9. The van der Waals surface area contributed by atoms with E-state index in [-0.39, 0.29) is 36.8 Å². The standard InChI is InChI=1S/C29H37F2N3O4/c1-2-3-9-34-17-21(13-27(34)35)29(37)33-26(12-20-10-22(30)14-23(31)11-20)28(36)25-15-24(16-32-25)38-18-19-7-5-4-6-8-19/h4-8,10-11,14,21,24-26,28,32,36H,2-3,9,12-13,15-18H2,1H3,(H,33,37)/t21-,24-,25-,26+,28-/m1/s1. The molecule has 0 bridgehead atoms. The summed E-state index contributed by atoms with van der Waals surface area (Å²) in [5, 5.41) is 17.5. The molecular weight excluding hydrogens is 492 g/mol. The van der Waals surface area contributed by atoms with Gasteiger partial charge in [0.25, 0.3) is 0 Å². The molecule has 2 saturated heterocycles. The van der Waals surface area contributed by atoms with Crippen LogP contribution in [0.25, 0.3) is 0 Å². The van der Waals surface area contributed by atoms with Crippen molar-refractivity contribution in [2.24, 2.45) is 5.92 Å². The highest BCUT2D eigenvalue weighted by Gasteiger charge is 2.38. The number of ether oxygens (including phenoxy) is 1. The van der Waals surface area contributed by atoms with Crippen molar-refractivity contribution in [3.63, 3.8) is 0 Å². The van der Waals surface area contributed by atoms with Gasteiger partial charge in [-0.2, -0.15) is 0 Å². The summed E-state index contributed by atoms with van der Waals surface area (Å²) in [4.78, 5) is 27.3. The van der Waals surface area contributed by atoms with E-state index in [4.69, 9.17) is 4.74 Å². The van der Waals surface area contributed by atoms with Gasteiger partial charge in [-0.1, -0.05) is 43.7 Å². The van der Waals surface area contributed by atoms with Gasteiger partial charge in [0, 0.05) is 38.2 Å². The van der Waals surface area contributed by atoms with E-state index in [0.29, 0.717) is 38.2 Å². The normalized spacial score (nSPS) is 23.0. The molecule has 2 aliphatic rings. The average molecular weight is 530 g/mol. The minimum absolute atomic E-state index is 0.0372. The highest BCUT2D eigenvalue weighted by molar-refractivity contribution is 5.89. The molecule has 0 aliphatic carbocycles. The highest BCUT2D eigenvalue weighted by Crippen LogP contribution is 2.22. The predicted octanol–water partition coefficient (Wildman–Crippen LogP) is 2.95. The molecule has 2 amide bonds. The van der Waals surface area contributed by atoms with Crippen molar-refractivity contribution in [1.29, 1.82) is 0 Å². The fourth-order valence-corrected chi connectivity index (χ4v) is 5.24. The number of likely N-dealkylation sites (tertiary alicyclic amines) is 1. The lowest BCUT2D eigenvalue weighted by Crippen LogP contribution is -2.53. The number of amides is 2. The fraction of sp³-hybridized carbons (Fsp3) is 0.517. The molecule has 2 aliphatic heterocycles. The van der Waals surface area contributed by atoms with E-state index in [0.717, 1.165) is 24.5 Å². The SMILES string of the molecule is CCCCN1C[C@H](C(=O)N[C@@H](Cc2cc(F)cc(F)c2)[C@H](O)[C@H]2C[C@@H](OCc3ccccc3)CN2)CC1=O. The van der Waals surface area contributed by atoms with Crippen molar-refractivity contribution in [2.45, 2.75) is 69.9 Å². The van der Waals surface area contributed by atoms with Gasteiger partial charge in [-0.05, 0) is 42.5 Å². The zero-order valence-corrected chi connectivity index (χ0v) is 21.7. The number of carbonyl (C=O) groups excluding carboxylic acids is 2. The number of halogens is 2. The molecule has 4 rings (SSSR count). The third kappa shape index (κ3) is 7.58. The maximum Gasteiger partial charge on any atom is 0.225 e. The molecule has 0 aromatic heterocycles. The molecule has 206 valence electrons. The Hall–Kier alpha value is -2.88. The smallest absolute Gasteiger partial charge is 0.225 e. The summed E-state index contributed by atoms with van der Waals surface area (Å²) in [5.74, 6) is -2.37. The van der Waals surface area contributed by atoms with E-state index < -0.39 is 29.7 Å². The molecule has 0 unspecified atom stereocenters. The van der Waals surface area contributed by atoms with Crippen LogP contribution in [0, 0.1) is 17.6 Å². The largest absolute Gasteiger partial charge is 0.389 e. The second kappa shape index (κ2) is 13.3. The van der Waals surface area contributed by atoms with Crippen molar-refractivity contribution in [3.05, 3.63) is 71.3 Å². The number of unbranched alkanes of at least 4 members (excludes halogenated alkanes) is 1. The summed E-state index contributed by atoms with van der Waals surface area (Å²) in [7, 11) is 0. The number of hydrogen-bond acceptors (Lipinski definition) is 5. The number of nitrogens with one attached hydrogen (secondary N) is 2. The lowest BCUT2D eigenvalue weighted by atomic mass is 9.94. The van der Waals surface area contributed by atoms with E-state index in [2.05, 4.69) is 10.6 Å². The van der Waals surface area contributed by atoms with E-state index >= 15 is 0 Å². The first-order valence-electron chi connectivity index (χ1n) is 13.4. The molecular formula is C29H37F2N3O4. The first-order chi connectivity index (χ1) is 18.3. The Morgan fingerprint density at radius 2 is 1.92 bits per heavy atom. The molecule has 2 heterocycles. The van der Waals surface area contributed by atoms with E-state index in [1.165, 1.54) is 12.1 Å². The molecule has 38 heavy (non-hydrogen) atoms. The van der Waals surface area contributed by atoms with Crippen molar-refractivity contribution < 1.29 is 28.2 Å². The lowest BCUT2D eigenvalue weighted by molar-refractivity contribution is -0.129. The van der Waals surface area contributed by atoms with Gasteiger partial charge in [-0.25, -0.2) is 8.78 Å². The number of nitrogens with zero attached hydrogens (tertiary/aromatic N) is 1. The minimum Gasteiger partial charge on any atom is -0.389 e. The molecule has 0 radical (unpaired) electrons. The number of aliphatic hydroxyl groups excluding tert-OH is 1. The first-order valence-corrected chi connectivity index (χ1v) is 13.4. The van der Waals surface area contributed by atoms with Gasteiger partial charge in [0.15, 0.2) is 0 Å². The number of aliphatic hydroxyl groups is 1. The summed E-state index contributed by atoms with van der Waals surface area (Å²) in [6.07, 6.45) is 1.32. The van der Waals surface area contributed by atoms with Gasteiger partial charge < -0.3 is 25.4 Å². The van der Waals surface area contributed by atoms with Crippen LogP contribution in [0.5, 0.6) is 0 Å². The van der Waals surface area contributed by atoms with E-state index in [9.17, 15) is 23.5 Å². The summed E-state index contributed by atoms with van der Waals surface area (Å²) < 4.78 is 33.8. The summed E-state index contributed by atoms with van der Waals surface area (Å²) >= 11 is 0. The first kappa shape index (κ1) is 28.1. The van der Waals surface area contributed by atoms with Crippen LogP contribution < -0.4 is 10.6 Å². The molecule has 2 aromatic carbocycles. The number of hydrogen-bond donors (Lipinski definition) is 3. The van der Waals surface area contributed by atoms with Gasteiger partial charge in [0.2, 0.25) is 11.8 Å². The van der Waals surface area contributed by atoms with E-state index in [1.807, 2.05) is 37.3 Å². The molecule has 3 N–H and O–H groups in total. The Balaban J connectivity index is 1.41. The Bertz CT molecular complexity index is 1070. The Morgan fingerprint density at radius 1 is 1.18 bits per heavy atom. The molecule has 7 nitrogen and oxygen atoms in total. The van der Waals surface area contributed by atoms with Crippen LogP contribution in [-0.2, 0) is 27.4 Å². The minimum atomic E-state index is -1.04. The summed E-state index contributed by atoms with van der Waals surface area (Å²) in [6, 6.07) is 11.8. The van der Waals surface area contributed by atoms with Crippen molar-refractivity contribution in [2.75, 3.05) is 19.6 Å². The van der Waals surface area contributed by atoms with Crippen LogP contribution in [0.4, 0.5) is 8.78 Å². The second-order valence-electron chi connectivity index (χ2n) is 10.4. The monoisotopic (exact) mass is 529 g/mol. The van der Waals surface area contributed by atoms with Gasteiger partial charge in [-0.3, -0.25) is 9.59 Å². The van der Waals surface area contributed by atoms with Crippen LogP contribution in [-0.4, -0.2) is 65.7 Å². The van der Waals surface area contributed by atoms with Crippen LogP contribution in [0.1, 0.15) is 43.7 Å². The van der Waals surface area contributed by atoms with Gasteiger partial charge in [0.1, 0.15) is 11.6 Å². The van der Waals surface area contributed by atoms with Crippen molar-refractivity contribution in [3.8, 4) is 0 Å². The summed E-state index contributed by atoms with van der Waals surface area (Å²) in [5.41, 5.74) is 1.38. The molecule has 5 atom stereocenters.